The maximum Gasteiger partial charge on any atom is 0.270 e. The lowest BCUT2D eigenvalue weighted by Gasteiger charge is -2.05. The molecule has 0 aliphatic carbocycles. The van der Waals surface area contributed by atoms with Gasteiger partial charge in [-0.3, -0.25) is 15.1 Å². The lowest BCUT2D eigenvalue weighted by Crippen LogP contribution is -2.03. The molecular weight excluding hydrogens is 210 g/mol. The molecule has 0 radical (unpaired) electrons. The van der Waals surface area contributed by atoms with E-state index in [1.54, 1.807) is 19.1 Å². The molecule has 16 heavy (non-hydrogen) atoms. The number of nitro groups is 1. The van der Waals surface area contributed by atoms with Crippen LogP contribution in [0.1, 0.15) is 5.69 Å². The fourth-order valence-corrected chi connectivity index (χ4v) is 1.52. The molecule has 0 atom stereocenters. The van der Waals surface area contributed by atoms with Gasteiger partial charge >= 0.3 is 0 Å². The van der Waals surface area contributed by atoms with Crippen molar-refractivity contribution in [3.05, 3.63) is 40.1 Å². The minimum absolute atomic E-state index is 0.0172. The van der Waals surface area contributed by atoms with Crippen LogP contribution in [0.4, 0.5) is 5.69 Å². The van der Waals surface area contributed by atoms with Crippen LogP contribution in [-0.2, 0) is 0 Å². The minimum Gasteiger partial charge on any atom is -0.411 e. The van der Waals surface area contributed by atoms with Crippen LogP contribution in [0.5, 0.6) is 5.75 Å². The van der Waals surface area contributed by atoms with Crippen molar-refractivity contribution in [2.24, 2.45) is 5.90 Å². The number of non-ortho nitro benzene ring substituents is 1. The summed E-state index contributed by atoms with van der Waals surface area (Å²) in [6, 6.07) is 5.99. The first-order valence-corrected chi connectivity index (χ1v) is 4.54. The fourth-order valence-electron chi connectivity index (χ4n) is 1.52. The topological polar surface area (TPSA) is 91.3 Å². The maximum atomic E-state index is 10.6. The Balaban J connectivity index is 2.75. The standard InChI is InChI=1S/C10H9N3O3/c1-6-4-10(16-11)8-5-7(13(14)15)2-3-9(8)12-6/h2-5H,11H2,1H3. The van der Waals surface area contributed by atoms with Gasteiger partial charge in [-0.05, 0) is 13.0 Å². The van der Waals surface area contributed by atoms with E-state index in [1.165, 1.54) is 12.1 Å². The molecule has 0 amide bonds. The summed E-state index contributed by atoms with van der Waals surface area (Å²) in [7, 11) is 0. The number of benzene rings is 1. The number of rotatable bonds is 2. The van der Waals surface area contributed by atoms with Gasteiger partial charge in [0.1, 0.15) is 0 Å². The Hall–Kier alpha value is -2.21. The van der Waals surface area contributed by atoms with E-state index in [1.807, 2.05) is 0 Å². The van der Waals surface area contributed by atoms with E-state index in [9.17, 15) is 10.1 Å². The lowest BCUT2D eigenvalue weighted by molar-refractivity contribution is -0.384. The number of aryl methyl sites for hydroxylation is 1. The third kappa shape index (κ3) is 1.66. The predicted octanol–water partition coefficient (Wildman–Crippen LogP) is 1.70. The van der Waals surface area contributed by atoms with E-state index in [4.69, 9.17) is 5.90 Å². The SMILES string of the molecule is Cc1cc(ON)c2cc([N+](=O)[O-])ccc2n1. The Morgan fingerprint density at radius 3 is 2.81 bits per heavy atom. The summed E-state index contributed by atoms with van der Waals surface area (Å²) < 4.78 is 0. The first kappa shape index (κ1) is 10.3. The Kier molecular flexibility index (Phi) is 2.41. The lowest BCUT2D eigenvalue weighted by atomic mass is 10.1. The zero-order chi connectivity index (χ0) is 11.7. The second kappa shape index (κ2) is 3.74. The molecule has 2 rings (SSSR count). The van der Waals surface area contributed by atoms with Gasteiger partial charge in [-0.25, -0.2) is 0 Å². The molecular formula is C10H9N3O3. The summed E-state index contributed by atoms with van der Waals surface area (Å²) in [5.41, 5.74) is 1.34. The van der Waals surface area contributed by atoms with Crippen molar-refractivity contribution < 1.29 is 9.76 Å². The zero-order valence-corrected chi connectivity index (χ0v) is 8.51. The number of nitrogens with two attached hydrogens (primary N) is 1. The third-order valence-electron chi connectivity index (χ3n) is 2.22. The molecule has 0 fully saturated rings. The molecule has 0 saturated heterocycles. The van der Waals surface area contributed by atoms with Gasteiger partial charge in [0.2, 0.25) is 0 Å². The summed E-state index contributed by atoms with van der Waals surface area (Å²) in [4.78, 5) is 19.1. The largest absolute Gasteiger partial charge is 0.411 e. The maximum absolute atomic E-state index is 10.6. The number of nitrogens with zero attached hydrogens (tertiary/aromatic N) is 2. The van der Waals surface area contributed by atoms with E-state index in [-0.39, 0.29) is 5.69 Å². The fraction of sp³-hybridized carbons (Fsp3) is 0.100. The molecule has 1 aromatic heterocycles. The number of hydrogen-bond acceptors (Lipinski definition) is 5. The predicted molar refractivity (Wildman–Crippen MR) is 57.9 cm³/mol. The average Bonchev–Trinajstić information content (AvgIpc) is 2.27. The van der Waals surface area contributed by atoms with Gasteiger partial charge in [0, 0.05) is 23.9 Å². The Bertz CT molecular complexity index is 568. The summed E-state index contributed by atoms with van der Waals surface area (Å²) in [5.74, 6) is 5.49. The number of pyridine rings is 1. The molecule has 2 N–H and O–H groups in total. The molecule has 1 aromatic carbocycles. The van der Waals surface area contributed by atoms with Crippen LogP contribution in [0.25, 0.3) is 10.9 Å². The highest BCUT2D eigenvalue weighted by Gasteiger charge is 2.11. The van der Waals surface area contributed by atoms with Gasteiger partial charge in [-0.2, -0.15) is 5.90 Å². The number of aromatic nitrogens is 1. The summed E-state index contributed by atoms with van der Waals surface area (Å²) in [6.45, 7) is 1.80. The molecule has 0 aliphatic rings. The first-order valence-electron chi connectivity index (χ1n) is 4.54. The van der Waals surface area contributed by atoms with Crippen molar-refractivity contribution in [3.63, 3.8) is 0 Å². The van der Waals surface area contributed by atoms with Crippen molar-refractivity contribution in [3.8, 4) is 5.75 Å². The summed E-state index contributed by atoms with van der Waals surface area (Å²) in [6.07, 6.45) is 0. The van der Waals surface area contributed by atoms with Crippen LogP contribution in [-0.4, -0.2) is 9.91 Å². The Labute approximate surface area is 90.8 Å². The highest BCUT2D eigenvalue weighted by Crippen LogP contribution is 2.28. The van der Waals surface area contributed by atoms with Crippen molar-refractivity contribution in [2.75, 3.05) is 0 Å². The second-order valence-electron chi connectivity index (χ2n) is 3.34. The van der Waals surface area contributed by atoms with Crippen LogP contribution < -0.4 is 10.7 Å². The van der Waals surface area contributed by atoms with Gasteiger partial charge in [0.05, 0.1) is 15.8 Å². The van der Waals surface area contributed by atoms with Crippen molar-refractivity contribution >= 4 is 16.6 Å². The summed E-state index contributed by atoms with van der Waals surface area (Å²) in [5, 5.41) is 11.2. The van der Waals surface area contributed by atoms with Crippen molar-refractivity contribution in [1.82, 2.24) is 4.98 Å². The van der Waals surface area contributed by atoms with Gasteiger partial charge in [-0.1, -0.05) is 0 Å². The third-order valence-corrected chi connectivity index (χ3v) is 2.22. The van der Waals surface area contributed by atoms with E-state index in [0.717, 1.165) is 5.69 Å². The van der Waals surface area contributed by atoms with Gasteiger partial charge in [0.15, 0.2) is 5.75 Å². The quantitative estimate of drug-likeness (QED) is 0.613. The Morgan fingerprint density at radius 1 is 1.44 bits per heavy atom. The van der Waals surface area contributed by atoms with Crippen LogP contribution in [0, 0.1) is 17.0 Å². The average molecular weight is 219 g/mol. The highest BCUT2D eigenvalue weighted by atomic mass is 16.6. The zero-order valence-electron chi connectivity index (χ0n) is 8.51. The summed E-state index contributed by atoms with van der Waals surface area (Å²) >= 11 is 0. The van der Waals surface area contributed by atoms with E-state index >= 15 is 0 Å². The molecule has 2 aromatic rings. The van der Waals surface area contributed by atoms with E-state index in [0.29, 0.717) is 16.7 Å². The molecule has 0 unspecified atom stereocenters. The molecule has 0 aliphatic heterocycles. The smallest absolute Gasteiger partial charge is 0.270 e. The van der Waals surface area contributed by atoms with Gasteiger partial charge in [0.25, 0.3) is 5.69 Å². The number of hydrogen-bond donors (Lipinski definition) is 1. The van der Waals surface area contributed by atoms with E-state index in [2.05, 4.69) is 9.82 Å². The first-order chi connectivity index (χ1) is 7.61. The normalized spacial score (nSPS) is 10.4. The van der Waals surface area contributed by atoms with Crippen LogP contribution in [0.15, 0.2) is 24.3 Å². The number of nitro benzene ring substituents is 1. The monoisotopic (exact) mass is 219 g/mol. The molecule has 6 heteroatoms. The Morgan fingerprint density at radius 2 is 2.19 bits per heavy atom. The van der Waals surface area contributed by atoms with Gasteiger partial charge in [-0.15, -0.1) is 0 Å². The second-order valence-corrected chi connectivity index (χ2v) is 3.34. The molecule has 6 nitrogen and oxygen atoms in total. The van der Waals surface area contributed by atoms with Crippen LogP contribution >= 0.6 is 0 Å². The molecule has 0 spiro atoms. The van der Waals surface area contributed by atoms with Crippen molar-refractivity contribution in [2.45, 2.75) is 6.92 Å². The molecule has 0 saturated carbocycles. The van der Waals surface area contributed by atoms with Crippen LogP contribution in [0.3, 0.4) is 0 Å². The minimum atomic E-state index is -0.473. The molecule has 0 bridgehead atoms. The molecule has 1 heterocycles. The number of fused-ring (bicyclic) bond motifs is 1. The van der Waals surface area contributed by atoms with Crippen LogP contribution in [0.2, 0.25) is 0 Å². The molecule has 82 valence electrons. The van der Waals surface area contributed by atoms with E-state index < -0.39 is 4.92 Å². The highest BCUT2D eigenvalue weighted by molar-refractivity contribution is 5.87. The van der Waals surface area contributed by atoms with Crippen molar-refractivity contribution in [1.29, 1.82) is 0 Å². The van der Waals surface area contributed by atoms with Gasteiger partial charge < -0.3 is 4.84 Å².